The largest absolute Gasteiger partial charge is 0.439 e. The Bertz CT molecular complexity index is 788. The third-order valence-corrected chi connectivity index (χ3v) is 4.46. The number of fused-ring (bicyclic) bond motifs is 1. The lowest BCUT2D eigenvalue weighted by molar-refractivity contribution is -0.00549. The second-order valence-corrected chi connectivity index (χ2v) is 6.17. The highest BCUT2D eigenvalue weighted by atomic mass is 16.6. The molecule has 8 heteroatoms. The summed E-state index contributed by atoms with van der Waals surface area (Å²) in [6, 6.07) is 3.58. The lowest BCUT2D eigenvalue weighted by Crippen LogP contribution is -2.52. The minimum atomic E-state index is -0.590. The van der Waals surface area contributed by atoms with E-state index in [2.05, 4.69) is 10.1 Å². The molecule has 4 heterocycles. The Balaban J connectivity index is 1.60. The fourth-order valence-electron chi connectivity index (χ4n) is 3.41. The van der Waals surface area contributed by atoms with Crippen molar-refractivity contribution in [2.24, 2.45) is 0 Å². The first-order valence-corrected chi connectivity index (χ1v) is 7.60. The zero-order valence-electron chi connectivity index (χ0n) is 12.8. The monoisotopic (exact) mass is 315 g/mol. The maximum absolute atomic E-state index is 12.8. The molecule has 2 amide bonds. The third-order valence-electron chi connectivity index (χ3n) is 4.46. The summed E-state index contributed by atoms with van der Waals surface area (Å²) in [6.45, 7) is 1.56. The number of ether oxygens (including phenoxy) is 1. The van der Waals surface area contributed by atoms with Crippen LogP contribution in [0, 0.1) is 0 Å². The zero-order valence-corrected chi connectivity index (χ0v) is 12.8. The topological polar surface area (TPSA) is 80.0 Å². The molecule has 120 valence electrons. The number of hydrogen-bond donors (Lipinski definition) is 0. The SMILES string of the molecule is CN1C[C@@]2(CCCN(C(=O)c3cnc4cccnn34)C2)OC1=O. The number of carbonyl (C=O) groups is 2. The standard InChI is InChI=1S/C15H17N5O3/c1-18-9-15(23-14(18)22)5-3-7-19(10-15)13(21)11-8-16-12-4-2-6-17-20(11)12/h2,4,6,8H,3,5,7,9-10H2,1H3/t15-/m1/s1. The highest BCUT2D eigenvalue weighted by Gasteiger charge is 2.47. The summed E-state index contributed by atoms with van der Waals surface area (Å²) in [4.78, 5) is 32.0. The van der Waals surface area contributed by atoms with Gasteiger partial charge in [-0.15, -0.1) is 0 Å². The van der Waals surface area contributed by atoms with Crippen molar-refractivity contribution in [1.82, 2.24) is 24.4 Å². The Morgan fingerprint density at radius 3 is 3.04 bits per heavy atom. The van der Waals surface area contributed by atoms with Crippen molar-refractivity contribution in [3.05, 3.63) is 30.2 Å². The fraction of sp³-hybridized carbons (Fsp3) is 0.467. The van der Waals surface area contributed by atoms with Crippen molar-refractivity contribution in [2.75, 3.05) is 26.7 Å². The summed E-state index contributed by atoms with van der Waals surface area (Å²) in [5, 5.41) is 4.18. The van der Waals surface area contributed by atoms with Crippen LogP contribution in [0.25, 0.3) is 5.65 Å². The molecule has 0 bridgehead atoms. The van der Waals surface area contributed by atoms with Gasteiger partial charge in [-0.05, 0) is 25.0 Å². The molecule has 0 aromatic carbocycles. The summed E-state index contributed by atoms with van der Waals surface area (Å²) in [7, 11) is 1.71. The first-order chi connectivity index (χ1) is 11.1. The molecule has 1 spiro atoms. The predicted molar refractivity (Wildman–Crippen MR) is 80.0 cm³/mol. The van der Waals surface area contributed by atoms with Crippen LogP contribution >= 0.6 is 0 Å². The van der Waals surface area contributed by atoms with Gasteiger partial charge in [-0.2, -0.15) is 5.10 Å². The van der Waals surface area contributed by atoms with Crippen LogP contribution in [0.5, 0.6) is 0 Å². The summed E-state index contributed by atoms with van der Waals surface area (Å²) in [6.07, 6.45) is 4.42. The molecule has 2 aromatic rings. The van der Waals surface area contributed by atoms with Gasteiger partial charge in [-0.3, -0.25) is 4.79 Å². The average molecular weight is 315 g/mol. The molecule has 0 aliphatic carbocycles. The molecule has 2 aliphatic heterocycles. The van der Waals surface area contributed by atoms with Crippen LogP contribution in [0.3, 0.4) is 0 Å². The molecule has 0 saturated carbocycles. The van der Waals surface area contributed by atoms with Crippen LogP contribution in [0.2, 0.25) is 0 Å². The predicted octanol–water partition coefficient (Wildman–Crippen LogP) is 0.786. The number of hydrogen-bond acceptors (Lipinski definition) is 5. The number of aromatic nitrogens is 3. The number of amides is 2. The van der Waals surface area contributed by atoms with Crippen LogP contribution in [0.4, 0.5) is 4.79 Å². The first-order valence-electron chi connectivity index (χ1n) is 7.60. The van der Waals surface area contributed by atoms with Crippen LogP contribution in [-0.2, 0) is 4.74 Å². The van der Waals surface area contributed by atoms with Crippen molar-refractivity contribution >= 4 is 17.6 Å². The first kappa shape index (κ1) is 14.0. The Kier molecular flexibility index (Phi) is 3.00. The van der Waals surface area contributed by atoms with Gasteiger partial charge in [0.15, 0.2) is 11.3 Å². The van der Waals surface area contributed by atoms with Crippen LogP contribution in [0.1, 0.15) is 23.3 Å². The molecule has 8 nitrogen and oxygen atoms in total. The Hall–Kier alpha value is -2.64. The normalized spacial score (nSPS) is 24.5. The second kappa shape index (κ2) is 4.94. The number of nitrogens with zero attached hydrogens (tertiary/aromatic N) is 5. The van der Waals surface area contributed by atoms with Gasteiger partial charge in [0.05, 0.1) is 19.3 Å². The van der Waals surface area contributed by atoms with E-state index in [1.807, 2.05) is 0 Å². The van der Waals surface area contributed by atoms with Crippen LogP contribution in [-0.4, -0.2) is 68.7 Å². The number of piperidine rings is 1. The molecule has 4 rings (SSSR count). The number of rotatable bonds is 1. The molecular weight excluding hydrogens is 298 g/mol. The van der Waals surface area contributed by atoms with Crippen molar-refractivity contribution in [2.45, 2.75) is 18.4 Å². The highest BCUT2D eigenvalue weighted by Crippen LogP contribution is 2.31. The van der Waals surface area contributed by atoms with Crippen LogP contribution in [0.15, 0.2) is 24.5 Å². The molecule has 0 unspecified atom stereocenters. The van der Waals surface area contributed by atoms with Gasteiger partial charge < -0.3 is 14.5 Å². The van der Waals surface area contributed by atoms with E-state index in [1.54, 1.807) is 41.4 Å². The van der Waals surface area contributed by atoms with Crippen molar-refractivity contribution in [3.63, 3.8) is 0 Å². The van der Waals surface area contributed by atoms with Crippen molar-refractivity contribution < 1.29 is 14.3 Å². The van der Waals surface area contributed by atoms with Gasteiger partial charge in [-0.1, -0.05) is 0 Å². The van der Waals surface area contributed by atoms with Gasteiger partial charge in [-0.25, -0.2) is 14.3 Å². The molecule has 1 atom stereocenters. The summed E-state index contributed by atoms with van der Waals surface area (Å²) in [5.74, 6) is -0.138. The minimum absolute atomic E-state index is 0.138. The molecule has 2 fully saturated rings. The van der Waals surface area contributed by atoms with Gasteiger partial charge in [0, 0.05) is 19.8 Å². The van der Waals surface area contributed by atoms with Crippen molar-refractivity contribution in [3.8, 4) is 0 Å². The molecule has 0 N–H and O–H groups in total. The van der Waals surface area contributed by atoms with E-state index in [-0.39, 0.29) is 12.0 Å². The Morgan fingerprint density at radius 1 is 1.39 bits per heavy atom. The summed E-state index contributed by atoms with van der Waals surface area (Å²) >= 11 is 0. The number of carbonyl (C=O) groups excluding carboxylic acids is 2. The van der Waals surface area contributed by atoms with Gasteiger partial charge in [0.2, 0.25) is 0 Å². The second-order valence-electron chi connectivity index (χ2n) is 6.17. The lowest BCUT2D eigenvalue weighted by Gasteiger charge is -2.38. The van der Waals surface area contributed by atoms with E-state index in [0.717, 1.165) is 12.8 Å². The fourth-order valence-corrected chi connectivity index (χ4v) is 3.41. The average Bonchev–Trinajstić information content (AvgIpc) is 3.08. The molecule has 0 radical (unpaired) electrons. The molecule has 2 aliphatic rings. The molecular formula is C15H17N5O3. The van der Waals surface area contributed by atoms with Gasteiger partial charge in [0.25, 0.3) is 5.91 Å². The van der Waals surface area contributed by atoms with E-state index in [4.69, 9.17) is 4.74 Å². The summed E-state index contributed by atoms with van der Waals surface area (Å²) < 4.78 is 7.08. The number of imidazole rings is 1. The molecule has 23 heavy (non-hydrogen) atoms. The maximum Gasteiger partial charge on any atom is 0.410 e. The third kappa shape index (κ3) is 2.21. The van der Waals surface area contributed by atoms with E-state index >= 15 is 0 Å². The Labute approximate surface area is 132 Å². The highest BCUT2D eigenvalue weighted by molar-refractivity contribution is 5.93. The number of likely N-dealkylation sites (N-methyl/N-ethyl adjacent to an activating group) is 1. The van der Waals surface area contributed by atoms with Gasteiger partial charge >= 0.3 is 6.09 Å². The zero-order chi connectivity index (χ0) is 16.0. The summed E-state index contributed by atoms with van der Waals surface area (Å²) in [5.41, 5.74) is 0.470. The van der Waals surface area contributed by atoms with E-state index in [1.165, 1.54) is 4.52 Å². The smallest absolute Gasteiger partial charge is 0.410 e. The quantitative estimate of drug-likeness (QED) is 0.777. The maximum atomic E-state index is 12.8. The van der Waals surface area contributed by atoms with Crippen LogP contribution < -0.4 is 0 Å². The van der Waals surface area contributed by atoms with Gasteiger partial charge in [0.1, 0.15) is 5.60 Å². The molecule has 2 aromatic heterocycles. The van der Waals surface area contributed by atoms with E-state index in [9.17, 15) is 9.59 Å². The van der Waals surface area contributed by atoms with Crippen molar-refractivity contribution in [1.29, 1.82) is 0 Å². The minimum Gasteiger partial charge on any atom is -0.439 e. The molecule has 2 saturated heterocycles. The van der Waals surface area contributed by atoms with E-state index in [0.29, 0.717) is 31.0 Å². The number of likely N-dealkylation sites (tertiary alicyclic amines) is 1. The lowest BCUT2D eigenvalue weighted by atomic mass is 9.92. The Morgan fingerprint density at radius 2 is 2.26 bits per heavy atom. The van der Waals surface area contributed by atoms with E-state index < -0.39 is 5.60 Å².